The van der Waals surface area contributed by atoms with Crippen molar-refractivity contribution in [2.24, 2.45) is 5.92 Å². The van der Waals surface area contributed by atoms with Gasteiger partial charge in [0.2, 0.25) is 5.89 Å². The van der Waals surface area contributed by atoms with E-state index in [0.29, 0.717) is 11.8 Å². The summed E-state index contributed by atoms with van der Waals surface area (Å²) in [6.07, 6.45) is 6.18. The molecule has 1 atom stereocenters. The fourth-order valence-electron chi connectivity index (χ4n) is 2.97. The summed E-state index contributed by atoms with van der Waals surface area (Å²) < 4.78 is 11.0. The van der Waals surface area contributed by atoms with Crippen LogP contribution in [-0.4, -0.2) is 41.3 Å². The maximum Gasteiger partial charge on any atom is 0.229 e. The average molecular weight is 279 g/mol. The predicted octanol–water partition coefficient (Wildman–Crippen LogP) is 2.59. The van der Waals surface area contributed by atoms with Crippen molar-refractivity contribution in [3.05, 3.63) is 11.7 Å². The van der Waals surface area contributed by atoms with Gasteiger partial charge in [0.25, 0.3) is 0 Å². The van der Waals surface area contributed by atoms with Gasteiger partial charge in [-0.15, -0.1) is 0 Å². The zero-order chi connectivity index (χ0) is 13.8. The van der Waals surface area contributed by atoms with Crippen LogP contribution in [0.3, 0.4) is 0 Å². The van der Waals surface area contributed by atoms with Crippen molar-refractivity contribution in [2.75, 3.05) is 26.3 Å². The molecule has 0 N–H and O–H groups in total. The minimum atomic E-state index is 0.526. The van der Waals surface area contributed by atoms with E-state index in [-0.39, 0.29) is 0 Å². The molecule has 5 nitrogen and oxygen atoms in total. The molecule has 0 aromatic carbocycles. The highest BCUT2D eigenvalue weighted by Crippen LogP contribution is 2.35. The normalized spacial score (nSPS) is 24.0. The Morgan fingerprint density at radius 3 is 2.80 bits per heavy atom. The average Bonchev–Trinajstić information content (AvgIpc) is 2.85. The summed E-state index contributed by atoms with van der Waals surface area (Å²) in [7, 11) is 0. The second-order valence-corrected chi connectivity index (χ2v) is 6.09. The van der Waals surface area contributed by atoms with Gasteiger partial charge in [0, 0.05) is 19.1 Å². The first-order chi connectivity index (χ1) is 9.85. The molecule has 112 valence electrons. The van der Waals surface area contributed by atoms with E-state index in [9.17, 15) is 0 Å². The van der Waals surface area contributed by atoms with Gasteiger partial charge in [-0.3, -0.25) is 4.90 Å². The Bertz CT molecular complexity index is 411. The molecule has 0 spiro atoms. The maximum absolute atomic E-state index is 5.56. The lowest BCUT2D eigenvalue weighted by Gasteiger charge is -2.28. The first-order valence-electron chi connectivity index (χ1n) is 7.97. The Balaban J connectivity index is 1.52. The number of hydrogen-bond acceptors (Lipinski definition) is 5. The third kappa shape index (κ3) is 3.38. The maximum atomic E-state index is 5.56. The molecule has 2 heterocycles. The van der Waals surface area contributed by atoms with E-state index in [1.54, 1.807) is 0 Å². The molecule has 0 radical (unpaired) electrons. The van der Waals surface area contributed by atoms with Gasteiger partial charge in [-0.1, -0.05) is 18.5 Å². The molecule has 1 saturated heterocycles. The lowest BCUT2D eigenvalue weighted by atomic mass is 9.85. The third-order valence-electron chi connectivity index (χ3n) is 4.52. The van der Waals surface area contributed by atoms with Crippen molar-refractivity contribution in [1.29, 1.82) is 0 Å². The van der Waals surface area contributed by atoms with Gasteiger partial charge in [0.05, 0.1) is 13.2 Å². The molecule has 1 unspecified atom stereocenters. The molecule has 2 aliphatic rings. The fraction of sp³-hybridized carbons (Fsp3) is 0.867. The van der Waals surface area contributed by atoms with E-state index in [1.165, 1.54) is 32.1 Å². The largest absolute Gasteiger partial charge is 0.381 e. The molecule has 20 heavy (non-hydrogen) atoms. The highest BCUT2D eigenvalue weighted by Gasteiger charge is 2.26. The zero-order valence-corrected chi connectivity index (χ0v) is 12.4. The van der Waals surface area contributed by atoms with E-state index >= 15 is 0 Å². The summed E-state index contributed by atoms with van der Waals surface area (Å²) in [5.74, 6) is 2.87. The molecule has 0 bridgehead atoms. The highest BCUT2D eigenvalue weighted by molar-refractivity contribution is 4.98. The molecule has 1 aliphatic carbocycles. The van der Waals surface area contributed by atoms with Crippen LogP contribution in [0.2, 0.25) is 0 Å². The number of nitrogens with zero attached hydrogens (tertiary/aromatic N) is 3. The molecule has 1 aromatic rings. The Morgan fingerprint density at radius 2 is 2.15 bits per heavy atom. The molecule has 1 aromatic heterocycles. The van der Waals surface area contributed by atoms with Crippen LogP contribution in [0.25, 0.3) is 0 Å². The fourth-order valence-corrected chi connectivity index (χ4v) is 2.97. The van der Waals surface area contributed by atoms with Crippen LogP contribution in [0, 0.1) is 5.92 Å². The summed E-state index contributed by atoms with van der Waals surface area (Å²) >= 11 is 0. The minimum absolute atomic E-state index is 0.526. The molecule has 0 amide bonds. The lowest BCUT2D eigenvalue weighted by molar-refractivity contribution is 0.0376. The van der Waals surface area contributed by atoms with Crippen molar-refractivity contribution in [1.82, 2.24) is 15.0 Å². The number of rotatable bonds is 6. The number of aromatic nitrogens is 2. The first-order valence-corrected chi connectivity index (χ1v) is 7.97. The van der Waals surface area contributed by atoms with Crippen molar-refractivity contribution >= 4 is 0 Å². The SMILES string of the molecule is CCN(Cc1noc(C2CCC2)n1)CC1CCCOC1. The summed E-state index contributed by atoms with van der Waals surface area (Å²) in [5.41, 5.74) is 0. The zero-order valence-electron chi connectivity index (χ0n) is 12.4. The van der Waals surface area contributed by atoms with E-state index in [1.807, 2.05) is 0 Å². The van der Waals surface area contributed by atoms with Gasteiger partial charge in [0.1, 0.15) is 0 Å². The Labute approximate surface area is 120 Å². The van der Waals surface area contributed by atoms with Gasteiger partial charge in [0.15, 0.2) is 5.82 Å². The summed E-state index contributed by atoms with van der Waals surface area (Å²) in [6, 6.07) is 0. The molecular formula is C15H25N3O2. The monoisotopic (exact) mass is 279 g/mol. The second kappa shape index (κ2) is 6.68. The van der Waals surface area contributed by atoms with Crippen LogP contribution in [0.15, 0.2) is 4.52 Å². The minimum Gasteiger partial charge on any atom is -0.381 e. The standard InChI is InChI=1S/C15H25N3O2/c1-2-18(9-12-5-4-8-19-11-12)10-14-16-15(20-17-14)13-6-3-7-13/h12-13H,2-11H2,1H3. The summed E-state index contributed by atoms with van der Waals surface area (Å²) in [5, 5.41) is 4.14. The van der Waals surface area contributed by atoms with Gasteiger partial charge in [-0.25, -0.2) is 0 Å². The summed E-state index contributed by atoms with van der Waals surface area (Å²) in [4.78, 5) is 6.96. The quantitative estimate of drug-likeness (QED) is 0.801. The molecule has 3 rings (SSSR count). The second-order valence-electron chi connectivity index (χ2n) is 6.09. The van der Waals surface area contributed by atoms with Crippen molar-refractivity contribution in [3.63, 3.8) is 0 Å². The molecule has 2 fully saturated rings. The topological polar surface area (TPSA) is 51.4 Å². The van der Waals surface area contributed by atoms with Crippen LogP contribution in [0.1, 0.15) is 56.7 Å². The van der Waals surface area contributed by atoms with Gasteiger partial charge >= 0.3 is 0 Å². The van der Waals surface area contributed by atoms with Gasteiger partial charge < -0.3 is 9.26 Å². The molecule has 5 heteroatoms. The first kappa shape index (κ1) is 14.0. The molecular weight excluding hydrogens is 254 g/mol. The van der Waals surface area contributed by atoms with Crippen molar-refractivity contribution < 1.29 is 9.26 Å². The predicted molar refractivity (Wildman–Crippen MR) is 75.4 cm³/mol. The van der Waals surface area contributed by atoms with E-state index in [2.05, 4.69) is 22.0 Å². The van der Waals surface area contributed by atoms with E-state index in [0.717, 1.165) is 44.6 Å². The van der Waals surface area contributed by atoms with Crippen LogP contribution in [-0.2, 0) is 11.3 Å². The highest BCUT2D eigenvalue weighted by atomic mass is 16.5. The van der Waals surface area contributed by atoms with Crippen LogP contribution >= 0.6 is 0 Å². The van der Waals surface area contributed by atoms with Gasteiger partial charge in [-0.05, 0) is 38.1 Å². The number of hydrogen-bond donors (Lipinski definition) is 0. The van der Waals surface area contributed by atoms with E-state index in [4.69, 9.17) is 9.26 Å². The third-order valence-corrected chi connectivity index (χ3v) is 4.52. The summed E-state index contributed by atoms with van der Waals surface area (Å²) in [6.45, 7) is 6.90. The Hall–Kier alpha value is -0.940. The smallest absolute Gasteiger partial charge is 0.229 e. The Kier molecular flexibility index (Phi) is 4.68. The van der Waals surface area contributed by atoms with Crippen molar-refractivity contribution in [3.8, 4) is 0 Å². The van der Waals surface area contributed by atoms with Gasteiger partial charge in [-0.2, -0.15) is 4.98 Å². The molecule has 1 aliphatic heterocycles. The number of ether oxygens (including phenoxy) is 1. The lowest BCUT2D eigenvalue weighted by Crippen LogP contribution is -2.33. The Morgan fingerprint density at radius 1 is 1.25 bits per heavy atom. The van der Waals surface area contributed by atoms with Crippen LogP contribution < -0.4 is 0 Å². The van der Waals surface area contributed by atoms with Crippen molar-refractivity contribution in [2.45, 2.75) is 51.5 Å². The van der Waals surface area contributed by atoms with Crippen LogP contribution in [0.5, 0.6) is 0 Å². The van der Waals surface area contributed by atoms with E-state index < -0.39 is 0 Å². The van der Waals surface area contributed by atoms with Crippen LogP contribution in [0.4, 0.5) is 0 Å². The molecule has 1 saturated carbocycles.